The van der Waals surface area contributed by atoms with E-state index in [9.17, 15) is 9.59 Å². The summed E-state index contributed by atoms with van der Waals surface area (Å²) >= 11 is 6.69. The van der Waals surface area contributed by atoms with Crippen molar-refractivity contribution in [2.45, 2.75) is 13.8 Å². The second-order valence-electron chi connectivity index (χ2n) is 8.00. The van der Waals surface area contributed by atoms with Gasteiger partial charge in [-0.15, -0.1) is 0 Å². The standard InChI is InChI=1S/C27H24N2O4S2/c1-17-12-18(2)14-20(13-17)28-25(30)16-33-23-8-4-19(5-9-23)15-24-26(31)29(27(34)35-24)21-6-10-22(32-3)11-7-21/h4-15H,16H2,1-3H3,(H,28,30)/b24-15-. The van der Waals surface area contributed by atoms with E-state index in [1.165, 1.54) is 16.7 Å². The number of hydrogen-bond donors (Lipinski definition) is 1. The van der Waals surface area contributed by atoms with Crippen LogP contribution in [0.1, 0.15) is 16.7 Å². The lowest BCUT2D eigenvalue weighted by Crippen LogP contribution is -2.27. The molecule has 1 aliphatic heterocycles. The lowest BCUT2D eigenvalue weighted by Gasteiger charge is -2.14. The Morgan fingerprint density at radius 2 is 1.63 bits per heavy atom. The Kier molecular flexibility index (Phi) is 7.53. The van der Waals surface area contributed by atoms with E-state index < -0.39 is 0 Å². The van der Waals surface area contributed by atoms with Crippen molar-refractivity contribution in [1.29, 1.82) is 0 Å². The summed E-state index contributed by atoms with van der Waals surface area (Å²) in [5, 5.41) is 2.85. The van der Waals surface area contributed by atoms with Crippen LogP contribution < -0.4 is 19.7 Å². The minimum atomic E-state index is -0.235. The van der Waals surface area contributed by atoms with Crippen LogP contribution in [0.15, 0.2) is 71.6 Å². The molecular formula is C27H24N2O4S2. The molecule has 3 aromatic carbocycles. The van der Waals surface area contributed by atoms with Gasteiger partial charge in [-0.3, -0.25) is 14.5 Å². The Labute approximate surface area is 213 Å². The zero-order valence-corrected chi connectivity index (χ0v) is 21.2. The molecule has 0 radical (unpaired) electrons. The Morgan fingerprint density at radius 3 is 2.26 bits per heavy atom. The summed E-state index contributed by atoms with van der Waals surface area (Å²) in [5.41, 5.74) is 4.43. The van der Waals surface area contributed by atoms with Crippen LogP contribution in [0.25, 0.3) is 6.08 Å². The first-order valence-corrected chi connectivity index (χ1v) is 12.1. The monoisotopic (exact) mass is 504 g/mol. The second-order valence-corrected chi connectivity index (χ2v) is 9.67. The zero-order chi connectivity index (χ0) is 24.9. The second kappa shape index (κ2) is 10.8. The maximum absolute atomic E-state index is 13.0. The Balaban J connectivity index is 1.36. The third kappa shape index (κ3) is 6.09. The van der Waals surface area contributed by atoms with E-state index in [-0.39, 0.29) is 18.4 Å². The van der Waals surface area contributed by atoms with Gasteiger partial charge in [0.1, 0.15) is 11.5 Å². The largest absolute Gasteiger partial charge is 0.497 e. The molecule has 1 heterocycles. The van der Waals surface area contributed by atoms with E-state index in [4.69, 9.17) is 21.7 Å². The third-order valence-electron chi connectivity index (χ3n) is 5.18. The third-order valence-corrected chi connectivity index (χ3v) is 6.48. The number of benzene rings is 3. The molecule has 8 heteroatoms. The highest BCUT2D eigenvalue weighted by Gasteiger charge is 2.33. The predicted octanol–water partition coefficient (Wildman–Crippen LogP) is 5.74. The first-order chi connectivity index (χ1) is 16.8. The van der Waals surface area contributed by atoms with Gasteiger partial charge in [-0.2, -0.15) is 0 Å². The van der Waals surface area contributed by atoms with Crippen molar-refractivity contribution < 1.29 is 19.1 Å². The summed E-state index contributed by atoms with van der Waals surface area (Å²) in [5.74, 6) is 0.859. The summed E-state index contributed by atoms with van der Waals surface area (Å²) in [6.07, 6.45) is 1.79. The number of amides is 2. The van der Waals surface area contributed by atoms with E-state index in [0.29, 0.717) is 26.4 Å². The number of ether oxygens (including phenoxy) is 2. The zero-order valence-electron chi connectivity index (χ0n) is 19.5. The molecule has 0 unspecified atom stereocenters. The minimum Gasteiger partial charge on any atom is -0.497 e. The maximum atomic E-state index is 13.0. The number of rotatable bonds is 7. The molecular weight excluding hydrogens is 480 g/mol. The molecule has 0 spiro atoms. The fourth-order valence-corrected chi connectivity index (χ4v) is 4.93. The van der Waals surface area contributed by atoms with E-state index in [0.717, 1.165) is 22.4 Å². The van der Waals surface area contributed by atoms with Gasteiger partial charge in [-0.25, -0.2) is 0 Å². The Bertz CT molecular complexity index is 1280. The van der Waals surface area contributed by atoms with E-state index in [1.54, 1.807) is 49.6 Å². The van der Waals surface area contributed by atoms with Crippen molar-refractivity contribution in [2.24, 2.45) is 0 Å². The van der Waals surface area contributed by atoms with Crippen LogP contribution in [-0.4, -0.2) is 29.9 Å². The fraction of sp³-hybridized carbons (Fsp3) is 0.148. The topological polar surface area (TPSA) is 67.9 Å². The number of aryl methyl sites for hydroxylation is 2. The lowest BCUT2D eigenvalue weighted by atomic mass is 10.1. The number of nitrogens with one attached hydrogen (secondary N) is 1. The summed E-state index contributed by atoms with van der Waals surface area (Å²) in [6.45, 7) is 3.86. The highest BCUT2D eigenvalue weighted by molar-refractivity contribution is 8.27. The summed E-state index contributed by atoms with van der Waals surface area (Å²) in [7, 11) is 1.59. The van der Waals surface area contributed by atoms with Crippen LogP contribution >= 0.6 is 24.0 Å². The fourth-order valence-electron chi connectivity index (χ4n) is 3.63. The quantitative estimate of drug-likeness (QED) is 0.327. The molecule has 6 nitrogen and oxygen atoms in total. The van der Waals surface area contributed by atoms with Crippen molar-refractivity contribution in [3.05, 3.63) is 88.3 Å². The lowest BCUT2D eigenvalue weighted by molar-refractivity contribution is -0.118. The van der Waals surface area contributed by atoms with Crippen LogP contribution in [0.4, 0.5) is 11.4 Å². The molecule has 3 aromatic rings. The molecule has 0 aliphatic carbocycles. The summed E-state index contributed by atoms with van der Waals surface area (Å²) in [4.78, 5) is 27.3. The molecule has 178 valence electrons. The molecule has 1 saturated heterocycles. The van der Waals surface area contributed by atoms with Gasteiger partial charge in [0, 0.05) is 5.69 Å². The van der Waals surface area contributed by atoms with Gasteiger partial charge < -0.3 is 14.8 Å². The van der Waals surface area contributed by atoms with Gasteiger partial charge in [0.2, 0.25) is 0 Å². The molecule has 0 aromatic heterocycles. The van der Waals surface area contributed by atoms with Crippen LogP contribution in [0.2, 0.25) is 0 Å². The van der Waals surface area contributed by atoms with Crippen molar-refractivity contribution in [2.75, 3.05) is 23.9 Å². The van der Waals surface area contributed by atoms with Crippen LogP contribution in [0.3, 0.4) is 0 Å². The van der Waals surface area contributed by atoms with Gasteiger partial charge in [0.05, 0.1) is 17.7 Å². The minimum absolute atomic E-state index is 0.104. The molecule has 1 N–H and O–H groups in total. The van der Waals surface area contributed by atoms with Crippen LogP contribution in [-0.2, 0) is 9.59 Å². The van der Waals surface area contributed by atoms with Gasteiger partial charge in [0.25, 0.3) is 11.8 Å². The first kappa shape index (κ1) is 24.5. The van der Waals surface area contributed by atoms with E-state index >= 15 is 0 Å². The van der Waals surface area contributed by atoms with Crippen molar-refractivity contribution >= 4 is 57.6 Å². The molecule has 1 aliphatic rings. The molecule has 0 atom stereocenters. The smallest absolute Gasteiger partial charge is 0.270 e. The van der Waals surface area contributed by atoms with E-state index in [1.807, 2.05) is 44.2 Å². The predicted molar refractivity (Wildman–Crippen MR) is 145 cm³/mol. The number of nitrogens with zero attached hydrogens (tertiary/aromatic N) is 1. The SMILES string of the molecule is COc1ccc(N2C(=O)/C(=C/c3ccc(OCC(=O)Nc4cc(C)cc(C)c4)cc3)SC2=S)cc1. The van der Waals surface area contributed by atoms with Gasteiger partial charge in [0.15, 0.2) is 10.9 Å². The molecule has 1 fully saturated rings. The average molecular weight is 505 g/mol. The molecule has 4 rings (SSSR count). The molecule has 35 heavy (non-hydrogen) atoms. The summed E-state index contributed by atoms with van der Waals surface area (Å²) in [6, 6.07) is 20.2. The molecule has 2 amide bonds. The average Bonchev–Trinajstić information content (AvgIpc) is 3.10. The van der Waals surface area contributed by atoms with Gasteiger partial charge >= 0.3 is 0 Å². The van der Waals surface area contributed by atoms with Crippen molar-refractivity contribution in [3.63, 3.8) is 0 Å². The van der Waals surface area contributed by atoms with Crippen molar-refractivity contribution in [1.82, 2.24) is 0 Å². The number of carbonyl (C=O) groups excluding carboxylic acids is 2. The van der Waals surface area contributed by atoms with Crippen LogP contribution in [0.5, 0.6) is 11.5 Å². The highest BCUT2D eigenvalue weighted by atomic mass is 32.2. The Hall–Kier alpha value is -3.62. The number of carbonyl (C=O) groups is 2. The number of thioether (sulfide) groups is 1. The van der Waals surface area contributed by atoms with Gasteiger partial charge in [-0.05, 0) is 85.1 Å². The highest BCUT2D eigenvalue weighted by Crippen LogP contribution is 2.36. The Morgan fingerprint density at radius 1 is 1.00 bits per heavy atom. The molecule has 0 bridgehead atoms. The van der Waals surface area contributed by atoms with E-state index in [2.05, 4.69) is 5.32 Å². The molecule has 0 saturated carbocycles. The number of methoxy groups -OCH3 is 1. The number of hydrogen-bond acceptors (Lipinski definition) is 6. The maximum Gasteiger partial charge on any atom is 0.270 e. The van der Waals surface area contributed by atoms with Crippen molar-refractivity contribution in [3.8, 4) is 11.5 Å². The summed E-state index contributed by atoms with van der Waals surface area (Å²) < 4.78 is 11.3. The van der Waals surface area contributed by atoms with Gasteiger partial charge in [-0.1, -0.05) is 42.2 Å². The normalized spacial score (nSPS) is 14.4. The first-order valence-electron chi connectivity index (χ1n) is 10.9. The van der Waals surface area contributed by atoms with Crippen LogP contribution in [0, 0.1) is 13.8 Å². The number of thiocarbonyl (C=S) groups is 1. The number of anilines is 2.